The van der Waals surface area contributed by atoms with Crippen LogP contribution in [0.3, 0.4) is 0 Å². The maximum atomic E-state index is 13.4. The Morgan fingerprint density at radius 3 is 2.35 bits per heavy atom. The highest BCUT2D eigenvalue weighted by Gasteiger charge is 2.13. The fourth-order valence-corrected chi connectivity index (χ4v) is 2.36. The molecule has 0 aromatic heterocycles. The second-order valence-electron chi connectivity index (χ2n) is 5.34. The van der Waals surface area contributed by atoms with E-state index >= 15 is 0 Å². The minimum Gasteiger partial charge on any atom is -0.497 e. The Balaban J connectivity index is 2.09. The third kappa shape index (κ3) is 5.63. The number of rotatable bonds is 8. The molecule has 2 aromatic carbocycles. The number of methoxy groups -OCH3 is 2. The van der Waals surface area contributed by atoms with Crippen molar-refractivity contribution in [2.75, 3.05) is 20.8 Å². The van der Waals surface area contributed by atoms with E-state index in [4.69, 9.17) is 9.47 Å². The summed E-state index contributed by atoms with van der Waals surface area (Å²) in [5.41, 5.74) is 1.92. The molecule has 4 nitrogen and oxygen atoms in total. The van der Waals surface area contributed by atoms with E-state index in [9.17, 15) is 9.50 Å². The Morgan fingerprint density at radius 1 is 1.04 bits per heavy atom. The zero-order valence-corrected chi connectivity index (χ0v) is 13.4. The van der Waals surface area contributed by atoms with Gasteiger partial charge in [-0.25, -0.2) is 4.39 Å². The summed E-state index contributed by atoms with van der Waals surface area (Å²) in [6.45, 7) is 1.46. The largest absolute Gasteiger partial charge is 0.497 e. The van der Waals surface area contributed by atoms with Crippen LogP contribution in [0, 0.1) is 5.82 Å². The molecule has 5 heteroatoms. The van der Waals surface area contributed by atoms with Crippen LogP contribution in [0.5, 0.6) is 5.75 Å². The fourth-order valence-electron chi connectivity index (χ4n) is 2.36. The average molecular weight is 319 g/mol. The second kappa shape index (κ2) is 8.62. The first-order valence-electron chi connectivity index (χ1n) is 7.41. The molecule has 124 valence electrons. The van der Waals surface area contributed by atoms with Gasteiger partial charge in [-0.3, -0.25) is 4.90 Å². The molecule has 0 saturated carbocycles. The monoisotopic (exact) mass is 319 g/mol. The van der Waals surface area contributed by atoms with Crippen LogP contribution in [-0.2, 0) is 17.8 Å². The molecule has 0 radical (unpaired) electrons. The number of benzene rings is 2. The molecule has 1 unspecified atom stereocenters. The van der Waals surface area contributed by atoms with Gasteiger partial charge in [0.2, 0.25) is 0 Å². The molecule has 0 bridgehead atoms. The summed E-state index contributed by atoms with van der Waals surface area (Å²) in [6, 6.07) is 14.2. The SMILES string of the molecule is COc1ccc(CN(Cc2cccc(F)c2)CC(O)OC)cc1. The number of hydrogen-bond acceptors (Lipinski definition) is 4. The van der Waals surface area contributed by atoms with Gasteiger partial charge in [0.1, 0.15) is 11.6 Å². The van der Waals surface area contributed by atoms with Crippen molar-refractivity contribution in [3.05, 3.63) is 65.5 Å². The van der Waals surface area contributed by atoms with Gasteiger partial charge >= 0.3 is 0 Å². The Morgan fingerprint density at radius 2 is 1.74 bits per heavy atom. The molecule has 0 saturated heterocycles. The summed E-state index contributed by atoms with van der Waals surface area (Å²) in [7, 11) is 3.08. The molecule has 0 aliphatic carbocycles. The maximum absolute atomic E-state index is 13.4. The Bertz CT molecular complexity index is 603. The lowest BCUT2D eigenvalue weighted by atomic mass is 10.1. The molecule has 0 aliphatic heterocycles. The van der Waals surface area contributed by atoms with Gasteiger partial charge in [0.05, 0.1) is 7.11 Å². The van der Waals surface area contributed by atoms with E-state index < -0.39 is 6.29 Å². The van der Waals surface area contributed by atoms with Crippen molar-refractivity contribution in [3.63, 3.8) is 0 Å². The maximum Gasteiger partial charge on any atom is 0.166 e. The van der Waals surface area contributed by atoms with E-state index in [2.05, 4.69) is 0 Å². The van der Waals surface area contributed by atoms with Crippen molar-refractivity contribution in [1.29, 1.82) is 0 Å². The first-order valence-corrected chi connectivity index (χ1v) is 7.41. The quantitative estimate of drug-likeness (QED) is 0.760. The van der Waals surface area contributed by atoms with E-state index in [1.807, 2.05) is 35.2 Å². The summed E-state index contributed by atoms with van der Waals surface area (Å²) < 4.78 is 23.4. The molecular formula is C18H22FNO3. The van der Waals surface area contributed by atoms with E-state index in [0.717, 1.165) is 16.9 Å². The van der Waals surface area contributed by atoms with Gasteiger partial charge in [-0.15, -0.1) is 0 Å². The summed E-state index contributed by atoms with van der Waals surface area (Å²) in [5, 5.41) is 9.76. The van der Waals surface area contributed by atoms with Crippen molar-refractivity contribution >= 4 is 0 Å². The molecule has 23 heavy (non-hydrogen) atoms. The van der Waals surface area contributed by atoms with Gasteiger partial charge in [-0.05, 0) is 35.4 Å². The second-order valence-corrected chi connectivity index (χ2v) is 5.34. The van der Waals surface area contributed by atoms with Crippen LogP contribution in [0.15, 0.2) is 48.5 Å². The molecule has 2 rings (SSSR count). The molecule has 1 N–H and O–H groups in total. The van der Waals surface area contributed by atoms with E-state index in [0.29, 0.717) is 19.6 Å². The molecule has 0 spiro atoms. The molecule has 2 aromatic rings. The summed E-state index contributed by atoms with van der Waals surface area (Å²) >= 11 is 0. The normalized spacial score (nSPS) is 12.4. The van der Waals surface area contributed by atoms with Crippen LogP contribution in [-0.4, -0.2) is 37.1 Å². The number of ether oxygens (including phenoxy) is 2. The van der Waals surface area contributed by atoms with Crippen molar-refractivity contribution in [3.8, 4) is 5.75 Å². The molecule has 0 amide bonds. The lowest BCUT2D eigenvalue weighted by molar-refractivity contribution is -0.0930. The number of hydrogen-bond donors (Lipinski definition) is 1. The van der Waals surface area contributed by atoms with Crippen LogP contribution in [0.1, 0.15) is 11.1 Å². The number of aliphatic hydroxyl groups is 1. The van der Waals surface area contributed by atoms with Gasteiger partial charge in [0.25, 0.3) is 0 Å². The average Bonchev–Trinajstić information content (AvgIpc) is 2.55. The smallest absolute Gasteiger partial charge is 0.166 e. The number of aliphatic hydroxyl groups excluding tert-OH is 1. The molecule has 0 fully saturated rings. The van der Waals surface area contributed by atoms with E-state index in [1.165, 1.54) is 19.2 Å². The van der Waals surface area contributed by atoms with Gasteiger partial charge in [-0.2, -0.15) is 0 Å². The highest BCUT2D eigenvalue weighted by molar-refractivity contribution is 5.27. The van der Waals surface area contributed by atoms with Gasteiger partial charge in [-0.1, -0.05) is 24.3 Å². The van der Waals surface area contributed by atoms with Gasteiger partial charge < -0.3 is 14.6 Å². The first kappa shape index (κ1) is 17.4. The third-order valence-corrected chi connectivity index (χ3v) is 3.55. The topological polar surface area (TPSA) is 41.9 Å². The Hall–Kier alpha value is -1.95. The Kier molecular flexibility index (Phi) is 6.52. The fraction of sp³-hybridized carbons (Fsp3) is 0.333. The van der Waals surface area contributed by atoms with Crippen molar-refractivity contribution in [2.24, 2.45) is 0 Å². The zero-order chi connectivity index (χ0) is 16.7. The van der Waals surface area contributed by atoms with Crippen LogP contribution in [0.4, 0.5) is 4.39 Å². The number of halogens is 1. The molecule has 0 heterocycles. The summed E-state index contributed by atoms with van der Waals surface area (Å²) in [4.78, 5) is 2.00. The lowest BCUT2D eigenvalue weighted by Gasteiger charge is -2.24. The highest BCUT2D eigenvalue weighted by atomic mass is 19.1. The zero-order valence-electron chi connectivity index (χ0n) is 13.4. The Labute approximate surface area is 136 Å². The molecular weight excluding hydrogens is 297 g/mol. The molecule has 0 aliphatic rings. The predicted octanol–water partition coefficient (Wildman–Crippen LogP) is 2.80. The van der Waals surface area contributed by atoms with Crippen molar-refractivity contribution in [2.45, 2.75) is 19.4 Å². The first-order chi connectivity index (χ1) is 11.1. The summed E-state index contributed by atoms with van der Waals surface area (Å²) in [6.07, 6.45) is -0.887. The van der Waals surface area contributed by atoms with Gasteiger partial charge in [0.15, 0.2) is 6.29 Å². The predicted molar refractivity (Wildman–Crippen MR) is 86.5 cm³/mol. The van der Waals surface area contributed by atoms with Crippen molar-refractivity contribution < 1.29 is 19.0 Å². The van der Waals surface area contributed by atoms with Gasteiger partial charge in [0, 0.05) is 26.7 Å². The van der Waals surface area contributed by atoms with E-state index in [1.54, 1.807) is 13.2 Å². The number of nitrogens with zero attached hydrogens (tertiary/aromatic N) is 1. The highest BCUT2D eigenvalue weighted by Crippen LogP contribution is 2.15. The van der Waals surface area contributed by atoms with Crippen LogP contribution in [0.2, 0.25) is 0 Å². The van der Waals surface area contributed by atoms with Crippen LogP contribution in [0.25, 0.3) is 0 Å². The van der Waals surface area contributed by atoms with E-state index in [-0.39, 0.29) is 5.82 Å². The minimum absolute atomic E-state index is 0.265. The van der Waals surface area contributed by atoms with Crippen LogP contribution >= 0.6 is 0 Å². The summed E-state index contributed by atoms with van der Waals surface area (Å²) in [5.74, 6) is 0.529. The lowest BCUT2D eigenvalue weighted by Crippen LogP contribution is -2.32. The van der Waals surface area contributed by atoms with Crippen molar-refractivity contribution in [1.82, 2.24) is 4.90 Å². The standard InChI is InChI=1S/C18H22FNO3/c1-22-17-8-6-14(7-9-17)11-20(13-18(21)23-2)12-15-4-3-5-16(19)10-15/h3-10,18,21H,11-13H2,1-2H3. The molecule has 1 atom stereocenters. The van der Waals surface area contributed by atoms with Crippen LogP contribution < -0.4 is 4.74 Å². The minimum atomic E-state index is -0.887. The third-order valence-electron chi connectivity index (χ3n) is 3.55.